The second-order valence-electron chi connectivity index (χ2n) is 6.14. The molecule has 10 nitrogen and oxygen atoms in total. The van der Waals surface area contributed by atoms with Gasteiger partial charge in [-0.25, -0.2) is 9.69 Å². The number of amides is 5. The molecule has 1 unspecified atom stereocenters. The summed E-state index contributed by atoms with van der Waals surface area (Å²) >= 11 is 0. The standard InChI is InChI=1S/C20H19N3O7/c1-28-13-9-11(10-14(29-2)16(13)30-3)21-17(24)15-18(25)22-20(27)23(19(15)26)12-7-5-4-6-8-12/h4-10,15H,1-3H3,(H,21,24)(H,22,25,27). The molecule has 2 N–H and O–H groups in total. The smallest absolute Gasteiger partial charge is 0.335 e. The van der Waals surface area contributed by atoms with Crippen LogP contribution in [0.2, 0.25) is 0 Å². The average Bonchev–Trinajstić information content (AvgIpc) is 2.73. The Morgan fingerprint density at radius 2 is 1.57 bits per heavy atom. The molecule has 156 valence electrons. The molecule has 0 aliphatic carbocycles. The molecule has 1 atom stereocenters. The zero-order valence-electron chi connectivity index (χ0n) is 16.4. The number of carbonyl (C=O) groups excluding carboxylic acids is 4. The van der Waals surface area contributed by atoms with E-state index in [1.807, 2.05) is 5.32 Å². The van der Waals surface area contributed by atoms with Crippen LogP contribution in [0.15, 0.2) is 42.5 Å². The lowest BCUT2D eigenvalue weighted by molar-refractivity contribution is -0.139. The highest BCUT2D eigenvalue weighted by molar-refractivity contribution is 6.35. The number of nitrogens with one attached hydrogen (secondary N) is 2. The maximum Gasteiger partial charge on any atom is 0.335 e. The number of urea groups is 1. The summed E-state index contributed by atoms with van der Waals surface area (Å²) in [4.78, 5) is 50.8. The topological polar surface area (TPSA) is 123 Å². The highest BCUT2D eigenvalue weighted by atomic mass is 16.5. The van der Waals surface area contributed by atoms with E-state index in [4.69, 9.17) is 14.2 Å². The van der Waals surface area contributed by atoms with Crippen molar-refractivity contribution in [3.8, 4) is 17.2 Å². The number of carbonyl (C=O) groups is 4. The third-order valence-electron chi connectivity index (χ3n) is 4.37. The molecule has 2 aromatic carbocycles. The number of ether oxygens (including phenoxy) is 3. The second-order valence-corrected chi connectivity index (χ2v) is 6.14. The minimum atomic E-state index is -1.76. The Hall–Kier alpha value is -4.08. The van der Waals surface area contributed by atoms with Crippen LogP contribution < -0.4 is 29.7 Å². The highest BCUT2D eigenvalue weighted by Crippen LogP contribution is 2.40. The molecule has 0 radical (unpaired) electrons. The van der Waals surface area contributed by atoms with Crippen LogP contribution in [0, 0.1) is 5.92 Å². The van der Waals surface area contributed by atoms with E-state index in [1.54, 1.807) is 18.2 Å². The van der Waals surface area contributed by atoms with Gasteiger partial charge in [-0.3, -0.25) is 19.7 Å². The van der Waals surface area contributed by atoms with Crippen molar-refractivity contribution in [1.82, 2.24) is 5.32 Å². The largest absolute Gasteiger partial charge is 0.493 e. The Kier molecular flexibility index (Phi) is 5.86. The van der Waals surface area contributed by atoms with Crippen molar-refractivity contribution in [2.75, 3.05) is 31.5 Å². The second kappa shape index (κ2) is 8.52. The molecule has 0 aromatic heterocycles. The molecular formula is C20H19N3O7. The Bertz CT molecular complexity index is 982. The van der Waals surface area contributed by atoms with Gasteiger partial charge in [0, 0.05) is 17.8 Å². The van der Waals surface area contributed by atoms with E-state index >= 15 is 0 Å². The molecule has 1 heterocycles. The molecule has 1 fully saturated rings. The number of rotatable bonds is 6. The van der Waals surface area contributed by atoms with Crippen LogP contribution in [-0.2, 0) is 14.4 Å². The molecule has 1 aliphatic rings. The molecule has 0 saturated carbocycles. The van der Waals surface area contributed by atoms with E-state index in [1.165, 1.54) is 45.6 Å². The molecular weight excluding hydrogens is 394 g/mol. The number of anilines is 2. The summed E-state index contributed by atoms with van der Waals surface area (Å²) in [6.07, 6.45) is 0. The van der Waals surface area contributed by atoms with Gasteiger partial charge < -0.3 is 19.5 Å². The van der Waals surface area contributed by atoms with Crippen LogP contribution in [-0.4, -0.2) is 45.1 Å². The lowest BCUT2D eigenvalue weighted by Gasteiger charge is -2.29. The Labute approximate surface area is 171 Å². The van der Waals surface area contributed by atoms with E-state index in [0.29, 0.717) is 5.75 Å². The number of hydrogen-bond donors (Lipinski definition) is 2. The van der Waals surface area contributed by atoms with Crippen LogP contribution >= 0.6 is 0 Å². The van der Waals surface area contributed by atoms with Crippen molar-refractivity contribution in [2.24, 2.45) is 5.92 Å². The van der Waals surface area contributed by atoms with Crippen molar-refractivity contribution in [3.05, 3.63) is 42.5 Å². The van der Waals surface area contributed by atoms with E-state index in [2.05, 4.69) is 5.32 Å². The van der Waals surface area contributed by atoms with Crippen molar-refractivity contribution in [1.29, 1.82) is 0 Å². The SMILES string of the molecule is COc1cc(NC(=O)C2C(=O)NC(=O)N(c3ccccc3)C2=O)cc(OC)c1OC. The number of para-hydroxylation sites is 1. The minimum absolute atomic E-state index is 0.207. The number of benzene rings is 2. The predicted molar refractivity (Wildman–Crippen MR) is 106 cm³/mol. The normalized spacial score (nSPS) is 16.0. The molecule has 1 saturated heterocycles. The first-order chi connectivity index (χ1) is 14.4. The Morgan fingerprint density at radius 3 is 2.10 bits per heavy atom. The van der Waals surface area contributed by atoms with Crippen molar-refractivity contribution in [3.63, 3.8) is 0 Å². The van der Waals surface area contributed by atoms with Crippen LogP contribution in [0.4, 0.5) is 16.2 Å². The Balaban J connectivity index is 1.90. The zero-order valence-corrected chi connectivity index (χ0v) is 16.4. The van der Waals surface area contributed by atoms with Crippen molar-refractivity contribution < 1.29 is 33.4 Å². The van der Waals surface area contributed by atoms with Gasteiger partial charge in [0.25, 0.3) is 5.91 Å². The molecule has 1 aliphatic heterocycles. The van der Waals surface area contributed by atoms with E-state index in [0.717, 1.165) is 4.90 Å². The average molecular weight is 413 g/mol. The van der Waals surface area contributed by atoms with Gasteiger partial charge in [-0.1, -0.05) is 18.2 Å². The maximum absolute atomic E-state index is 12.8. The summed E-state index contributed by atoms with van der Waals surface area (Å²) in [6, 6.07) is 9.95. The zero-order chi connectivity index (χ0) is 21.8. The monoisotopic (exact) mass is 413 g/mol. The van der Waals surface area contributed by atoms with E-state index in [9.17, 15) is 19.2 Å². The minimum Gasteiger partial charge on any atom is -0.493 e. The third-order valence-corrected chi connectivity index (χ3v) is 4.37. The first-order valence-corrected chi connectivity index (χ1v) is 8.76. The Morgan fingerprint density at radius 1 is 0.967 bits per heavy atom. The predicted octanol–water partition coefficient (Wildman–Crippen LogP) is 1.55. The summed E-state index contributed by atoms with van der Waals surface area (Å²) in [5, 5.41) is 4.52. The molecule has 10 heteroatoms. The van der Waals surface area contributed by atoms with Gasteiger partial charge in [-0.2, -0.15) is 0 Å². The highest BCUT2D eigenvalue weighted by Gasteiger charge is 2.45. The molecule has 5 amide bonds. The number of imide groups is 2. The number of methoxy groups -OCH3 is 3. The van der Waals surface area contributed by atoms with Gasteiger partial charge >= 0.3 is 6.03 Å². The fourth-order valence-electron chi connectivity index (χ4n) is 3.00. The van der Waals surface area contributed by atoms with Crippen molar-refractivity contribution >= 4 is 35.1 Å². The number of barbiturate groups is 1. The van der Waals surface area contributed by atoms with Gasteiger partial charge in [0.15, 0.2) is 17.4 Å². The summed E-state index contributed by atoms with van der Waals surface area (Å²) in [6.45, 7) is 0. The summed E-state index contributed by atoms with van der Waals surface area (Å²) < 4.78 is 15.7. The molecule has 3 rings (SSSR count). The van der Waals surface area contributed by atoms with Crippen molar-refractivity contribution in [2.45, 2.75) is 0 Å². The summed E-state index contributed by atoms with van der Waals surface area (Å²) in [7, 11) is 4.24. The molecule has 2 aromatic rings. The van der Waals surface area contributed by atoms with Crippen LogP contribution in [0.3, 0.4) is 0 Å². The van der Waals surface area contributed by atoms with Gasteiger partial charge in [0.1, 0.15) is 0 Å². The van der Waals surface area contributed by atoms with Gasteiger partial charge in [0.05, 0.1) is 27.0 Å². The molecule has 0 bridgehead atoms. The van der Waals surface area contributed by atoms with E-state index < -0.39 is 29.7 Å². The van der Waals surface area contributed by atoms with Crippen LogP contribution in [0.25, 0.3) is 0 Å². The van der Waals surface area contributed by atoms with Crippen LogP contribution in [0.1, 0.15) is 0 Å². The molecule has 0 spiro atoms. The van der Waals surface area contributed by atoms with Gasteiger partial charge in [0.2, 0.25) is 17.6 Å². The quantitative estimate of drug-likeness (QED) is 0.689. The van der Waals surface area contributed by atoms with E-state index in [-0.39, 0.29) is 22.9 Å². The van der Waals surface area contributed by atoms with Gasteiger partial charge in [-0.15, -0.1) is 0 Å². The third kappa shape index (κ3) is 3.75. The molecule has 30 heavy (non-hydrogen) atoms. The maximum atomic E-state index is 12.8. The first-order valence-electron chi connectivity index (χ1n) is 8.76. The van der Waals surface area contributed by atoms with Gasteiger partial charge in [-0.05, 0) is 12.1 Å². The first kappa shape index (κ1) is 20.6. The fourth-order valence-corrected chi connectivity index (χ4v) is 3.00. The number of hydrogen-bond acceptors (Lipinski definition) is 7. The lowest BCUT2D eigenvalue weighted by atomic mass is 10.0. The fraction of sp³-hybridized carbons (Fsp3) is 0.200. The summed E-state index contributed by atoms with van der Waals surface area (Å²) in [5.74, 6) is -3.80. The lowest BCUT2D eigenvalue weighted by Crippen LogP contribution is -2.61. The summed E-state index contributed by atoms with van der Waals surface area (Å²) in [5.41, 5.74) is 0.441. The number of nitrogens with zero attached hydrogens (tertiary/aromatic N) is 1. The van der Waals surface area contributed by atoms with Crippen LogP contribution in [0.5, 0.6) is 17.2 Å².